The van der Waals surface area contributed by atoms with Gasteiger partial charge in [-0.25, -0.2) is 4.39 Å². The molecule has 1 aromatic carbocycles. The van der Waals surface area contributed by atoms with Gasteiger partial charge in [-0.2, -0.15) is 0 Å². The zero-order valence-corrected chi connectivity index (χ0v) is 13.2. The maximum absolute atomic E-state index is 14.3. The molecule has 1 aliphatic carbocycles. The second kappa shape index (κ2) is 6.20. The average Bonchev–Trinajstić information content (AvgIpc) is 2.41. The summed E-state index contributed by atoms with van der Waals surface area (Å²) in [6, 6.07) is 5.54. The van der Waals surface area contributed by atoms with E-state index >= 15 is 0 Å². The molecule has 1 amide bonds. The second-order valence-corrected chi connectivity index (χ2v) is 6.29. The van der Waals surface area contributed by atoms with Crippen molar-refractivity contribution >= 4 is 28.5 Å². The summed E-state index contributed by atoms with van der Waals surface area (Å²) in [6.45, 7) is 1.78. The van der Waals surface area contributed by atoms with Crippen LogP contribution in [0.4, 0.5) is 4.39 Å². The molecule has 2 rings (SSSR count). The lowest BCUT2D eigenvalue weighted by molar-refractivity contribution is -0.123. The van der Waals surface area contributed by atoms with Gasteiger partial charge in [0.05, 0.1) is 0 Å². The van der Waals surface area contributed by atoms with Crippen LogP contribution >= 0.6 is 22.6 Å². The number of carbonyl (C=O) groups is 1. The molecule has 19 heavy (non-hydrogen) atoms. The SMILES string of the molecule is Cc1cccc(C2CC(C(N)=O)CCC2CI)c1F. The number of hydrogen-bond donors (Lipinski definition) is 1. The van der Waals surface area contributed by atoms with Crippen molar-refractivity contribution in [1.29, 1.82) is 0 Å². The van der Waals surface area contributed by atoms with E-state index in [9.17, 15) is 9.18 Å². The summed E-state index contributed by atoms with van der Waals surface area (Å²) in [5, 5.41) is 0. The highest BCUT2D eigenvalue weighted by Crippen LogP contribution is 2.42. The molecule has 0 aliphatic heterocycles. The van der Waals surface area contributed by atoms with Crippen molar-refractivity contribution in [2.45, 2.75) is 32.1 Å². The Morgan fingerprint density at radius 1 is 1.47 bits per heavy atom. The van der Waals surface area contributed by atoms with Crippen LogP contribution in [-0.2, 0) is 4.79 Å². The van der Waals surface area contributed by atoms with E-state index < -0.39 is 0 Å². The Hall–Kier alpha value is -0.650. The molecule has 4 heteroatoms. The second-order valence-electron chi connectivity index (χ2n) is 5.41. The van der Waals surface area contributed by atoms with Gasteiger partial charge in [-0.15, -0.1) is 0 Å². The number of benzene rings is 1. The molecule has 1 fully saturated rings. The van der Waals surface area contributed by atoms with Gasteiger partial charge in [0, 0.05) is 10.3 Å². The summed E-state index contributed by atoms with van der Waals surface area (Å²) >= 11 is 2.35. The molecule has 3 atom stereocenters. The number of alkyl halides is 1. The molecule has 3 unspecified atom stereocenters. The van der Waals surface area contributed by atoms with Crippen molar-refractivity contribution in [2.75, 3.05) is 4.43 Å². The van der Waals surface area contributed by atoms with Crippen molar-refractivity contribution in [1.82, 2.24) is 0 Å². The van der Waals surface area contributed by atoms with Gasteiger partial charge in [0.25, 0.3) is 0 Å². The number of nitrogens with two attached hydrogens (primary N) is 1. The van der Waals surface area contributed by atoms with Crippen LogP contribution in [-0.4, -0.2) is 10.3 Å². The van der Waals surface area contributed by atoms with Gasteiger partial charge in [0.15, 0.2) is 0 Å². The Morgan fingerprint density at radius 3 is 2.84 bits per heavy atom. The zero-order valence-electron chi connectivity index (χ0n) is 11.0. The summed E-state index contributed by atoms with van der Waals surface area (Å²) in [5.74, 6) is 0.0807. The molecule has 0 radical (unpaired) electrons. The van der Waals surface area contributed by atoms with Crippen molar-refractivity contribution in [3.8, 4) is 0 Å². The number of aryl methyl sites for hydroxylation is 1. The molecule has 2 N–H and O–H groups in total. The summed E-state index contributed by atoms with van der Waals surface area (Å²) in [6.07, 6.45) is 2.48. The van der Waals surface area contributed by atoms with Gasteiger partial charge >= 0.3 is 0 Å². The molecule has 1 aliphatic rings. The highest BCUT2D eigenvalue weighted by Gasteiger charge is 2.34. The zero-order chi connectivity index (χ0) is 14.0. The number of amides is 1. The smallest absolute Gasteiger partial charge is 0.220 e. The monoisotopic (exact) mass is 375 g/mol. The topological polar surface area (TPSA) is 43.1 Å². The minimum absolute atomic E-state index is 0.107. The van der Waals surface area contributed by atoms with Gasteiger partial charge in [-0.05, 0) is 49.1 Å². The summed E-state index contributed by atoms with van der Waals surface area (Å²) in [4.78, 5) is 11.4. The number of primary amides is 1. The largest absolute Gasteiger partial charge is 0.369 e. The van der Waals surface area contributed by atoms with Crippen molar-refractivity contribution in [3.63, 3.8) is 0 Å². The summed E-state index contributed by atoms with van der Waals surface area (Å²) in [7, 11) is 0. The lowest BCUT2D eigenvalue weighted by Crippen LogP contribution is -2.32. The van der Waals surface area contributed by atoms with Crippen LogP contribution in [0.2, 0.25) is 0 Å². The average molecular weight is 375 g/mol. The van der Waals surface area contributed by atoms with Gasteiger partial charge < -0.3 is 5.73 Å². The Bertz CT molecular complexity index is 477. The van der Waals surface area contributed by atoms with Crippen molar-refractivity contribution in [3.05, 3.63) is 35.1 Å². The van der Waals surface area contributed by atoms with Gasteiger partial charge in [-0.1, -0.05) is 40.8 Å². The molecule has 1 saturated carbocycles. The third-order valence-corrected chi connectivity index (χ3v) is 5.35. The van der Waals surface area contributed by atoms with Crippen LogP contribution < -0.4 is 5.73 Å². The maximum atomic E-state index is 14.3. The number of halogens is 2. The first kappa shape index (κ1) is 14.8. The fourth-order valence-corrected chi connectivity index (χ4v) is 4.07. The molecular formula is C15H19FINO. The predicted octanol–water partition coefficient (Wildman–Crippen LogP) is 3.55. The lowest BCUT2D eigenvalue weighted by atomic mass is 9.71. The van der Waals surface area contributed by atoms with Crippen molar-refractivity contribution < 1.29 is 9.18 Å². The van der Waals surface area contributed by atoms with E-state index in [0.717, 1.165) is 22.8 Å². The first-order chi connectivity index (χ1) is 9.04. The predicted molar refractivity (Wildman–Crippen MR) is 82.8 cm³/mol. The Balaban J connectivity index is 2.32. The lowest BCUT2D eigenvalue weighted by Gasteiger charge is -2.34. The van der Waals surface area contributed by atoms with Crippen LogP contribution in [0, 0.1) is 24.6 Å². The Morgan fingerprint density at radius 2 is 2.21 bits per heavy atom. The highest BCUT2D eigenvalue weighted by molar-refractivity contribution is 14.1. The van der Waals surface area contributed by atoms with E-state index in [2.05, 4.69) is 22.6 Å². The van der Waals surface area contributed by atoms with E-state index in [4.69, 9.17) is 5.73 Å². The van der Waals surface area contributed by atoms with E-state index in [-0.39, 0.29) is 23.6 Å². The van der Waals surface area contributed by atoms with E-state index in [1.165, 1.54) is 0 Å². The van der Waals surface area contributed by atoms with Crippen LogP contribution in [0.1, 0.15) is 36.3 Å². The third kappa shape index (κ3) is 3.09. The number of rotatable bonds is 3. The van der Waals surface area contributed by atoms with E-state index in [1.807, 2.05) is 12.1 Å². The maximum Gasteiger partial charge on any atom is 0.220 e. The number of carbonyl (C=O) groups excluding carboxylic acids is 1. The number of hydrogen-bond acceptors (Lipinski definition) is 1. The minimum Gasteiger partial charge on any atom is -0.369 e. The molecule has 104 valence electrons. The van der Waals surface area contributed by atoms with E-state index in [0.29, 0.717) is 17.9 Å². The molecule has 0 spiro atoms. The molecule has 0 bridgehead atoms. The minimum atomic E-state index is -0.245. The third-order valence-electron chi connectivity index (χ3n) is 4.22. The Labute approximate surface area is 127 Å². The van der Waals surface area contributed by atoms with Crippen molar-refractivity contribution in [2.24, 2.45) is 17.6 Å². The molecule has 0 heterocycles. The highest BCUT2D eigenvalue weighted by atomic mass is 127. The van der Waals surface area contributed by atoms with E-state index in [1.54, 1.807) is 13.0 Å². The van der Waals surface area contributed by atoms with Gasteiger partial charge in [0.2, 0.25) is 5.91 Å². The summed E-state index contributed by atoms with van der Waals surface area (Å²) < 4.78 is 15.3. The molecule has 2 nitrogen and oxygen atoms in total. The van der Waals surface area contributed by atoms with Gasteiger partial charge in [0.1, 0.15) is 5.82 Å². The quantitative estimate of drug-likeness (QED) is 0.637. The first-order valence-corrected chi connectivity index (χ1v) is 8.17. The first-order valence-electron chi connectivity index (χ1n) is 6.64. The fourth-order valence-electron chi connectivity index (χ4n) is 3.01. The molecule has 0 aromatic heterocycles. The fraction of sp³-hybridized carbons (Fsp3) is 0.533. The van der Waals surface area contributed by atoms with Crippen LogP contribution in [0.25, 0.3) is 0 Å². The molecule has 1 aromatic rings. The van der Waals surface area contributed by atoms with Gasteiger partial charge in [-0.3, -0.25) is 4.79 Å². The normalized spacial score (nSPS) is 27.2. The Kier molecular flexibility index (Phi) is 4.81. The summed E-state index contributed by atoms with van der Waals surface area (Å²) in [5.41, 5.74) is 6.86. The molecular weight excluding hydrogens is 356 g/mol. The van der Waals surface area contributed by atoms with Crippen LogP contribution in [0.3, 0.4) is 0 Å². The standard InChI is InChI=1S/C15H19FINO/c1-9-3-2-4-12(14(9)16)13-7-10(15(18)19)5-6-11(13)8-17/h2-4,10-11,13H,5-8H2,1H3,(H2,18,19). The van der Waals surface area contributed by atoms with Crippen LogP contribution in [0.15, 0.2) is 18.2 Å². The molecule has 0 saturated heterocycles. The van der Waals surface area contributed by atoms with Crippen LogP contribution in [0.5, 0.6) is 0 Å².